The van der Waals surface area contributed by atoms with Crippen LogP contribution in [0.1, 0.15) is 29.4 Å². The summed E-state index contributed by atoms with van der Waals surface area (Å²) in [6.07, 6.45) is 0.467. The normalized spacial score (nSPS) is 11.9. The molecular formula is C23H26ClFN6O3. The van der Waals surface area contributed by atoms with Gasteiger partial charge in [-0.15, -0.1) is 0 Å². The minimum Gasteiger partial charge on any atom is -0.364 e. The lowest BCUT2D eigenvalue weighted by Crippen LogP contribution is -2.47. The lowest BCUT2D eigenvalue weighted by Gasteiger charge is -2.28. The first-order valence-corrected chi connectivity index (χ1v) is 11.0. The standard InChI is InChI=1S/C23H26ClFN6O3/c1-14(9-10-26)30(12-19(32)28-11-15-5-4-7-17(24)21(15)25)20(33)13-31-18-8-3-2-6-16(18)22(29-31)23(27)34/h2-8,14H,9-13,26H2,1H3,(H2,27,34)(H,28,32). The van der Waals surface area contributed by atoms with Crippen LogP contribution in [0.25, 0.3) is 10.9 Å². The Balaban J connectivity index is 1.76. The molecule has 0 spiro atoms. The second-order valence-corrected chi connectivity index (χ2v) is 8.23. The number of amides is 3. The van der Waals surface area contributed by atoms with Gasteiger partial charge in [-0.3, -0.25) is 19.1 Å². The Morgan fingerprint density at radius 2 is 1.94 bits per heavy atom. The van der Waals surface area contributed by atoms with Crippen LogP contribution < -0.4 is 16.8 Å². The summed E-state index contributed by atoms with van der Waals surface area (Å²) >= 11 is 5.78. The van der Waals surface area contributed by atoms with Gasteiger partial charge >= 0.3 is 0 Å². The molecule has 3 aromatic rings. The quantitative estimate of drug-likeness (QED) is 0.400. The molecule has 1 heterocycles. The summed E-state index contributed by atoms with van der Waals surface area (Å²) in [5.74, 6) is -2.18. The molecular weight excluding hydrogens is 463 g/mol. The number of aromatic nitrogens is 2. The van der Waals surface area contributed by atoms with Crippen molar-refractivity contribution in [2.45, 2.75) is 32.5 Å². The van der Waals surface area contributed by atoms with E-state index in [9.17, 15) is 18.8 Å². The molecule has 34 heavy (non-hydrogen) atoms. The van der Waals surface area contributed by atoms with Crippen LogP contribution in [0.5, 0.6) is 0 Å². The number of benzene rings is 2. The van der Waals surface area contributed by atoms with E-state index >= 15 is 0 Å². The van der Waals surface area contributed by atoms with E-state index in [1.54, 1.807) is 37.3 Å². The molecule has 0 saturated carbocycles. The summed E-state index contributed by atoms with van der Waals surface area (Å²) in [6.45, 7) is 1.55. The smallest absolute Gasteiger partial charge is 0.269 e. The molecule has 1 aromatic heterocycles. The van der Waals surface area contributed by atoms with Crippen LogP contribution in [-0.2, 0) is 22.7 Å². The average molecular weight is 489 g/mol. The number of halogens is 2. The summed E-state index contributed by atoms with van der Waals surface area (Å²) < 4.78 is 15.5. The highest BCUT2D eigenvalue weighted by Gasteiger charge is 2.25. The third kappa shape index (κ3) is 5.70. The lowest BCUT2D eigenvalue weighted by molar-refractivity contribution is -0.138. The fourth-order valence-electron chi connectivity index (χ4n) is 3.63. The van der Waals surface area contributed by atoms with Gasteiger partial charge in [-0.25, -0.2) is 4.39 Å². The molecule has 11 heteroatoms. The first kappa shape index (κ1) is 25.1. The zero-order valence-electron chi connectivity index (χ0n) is 18.6. The first-order chi connectivity index (χ1) is 16.2. The number of nitrogens with one attached hydrogen (secondary N) is 1. The summed E-state index contributed by atoms with van der Waals surface area (Å²) in [7, 11) is 0. The van der Waals surface area contributed by atoms with E-state index in [2.05, 4.69) is 10.4 Å². The van der Waals surface area contributed by atoms with Crippen LogP contribution in [0.2, 0.25) is 5.02 Å². The van der Waals surface area contributed by atoms with Crippen molar-refractivity contribution in [1.29, 1.82) is 0 Å². The monoisotopic (exact) mass is 488 g/mol. The molecule has 0 aliphatic heterocycles. The van der Waals surface area contributed by atoms with Gasteiger partial charge in [0.05, 0.1) is 17.1 Å². The minimum atomic E-state index is -0.705. The number of nitrogens with zero attached hydrogens (tertiary/aromatic N) is 3. The Morgan fingerprint density at radius 3 is 2.65 bits per heavy atom. The van der Waals surface area contributed by atoms with Gasteiger partial charge in [-0.2, -0.15) is 5.10 Å². The highest BCUT2D eigenvalue weighted by Crippen LogP contribution is 2.19. The number of fused-ring (bicyclic) bond motifs is 1. The third-order valence-electron chi connectivity index (χ3n) is 5.43. The van der Waals surface area contributed by atoms with Crippen molar-refractivity contribution in [3.63, 3.8) is 0 Å². The van der Waals surface area contributed by atoms with E-state index in [0.717, 1.165) is 0 Å². The molecule has 3 amide bonds. The topological polar surface area (TPSA) is 136 Å². The highest BCUT2D eigenvalue weighted by molar-refractivity contribution is 6.30. The van der Waals surface area contributed by atoms with Crippen molar-refractivity contribution >= 4 is 40.2 Å². The Bertz CT molecular complexity index is 1210. The number of carbonyl (C=O) groups is 3. The molecule has 0 aliphatic carbocycles. The van der Waals surface area contributed by atoms with E-state index in [1.165, 1.54) is 21.7 Å². The molecule has 3 rings (SSSR count). The molecule has 2 aromatic carbocycles. The van der Waals surface area contributed by atoms with Gasteiger partial charge in [0.25, 0.3) is 5.91 Å². The molecule has 0 bridgehead atoms. The van der Waals surface area contributed by atoms with Crippen molar-refractivity contribution in [2.24, 2.45) is 11.5 Å². The maximum absolute atomic E-state index is 14.1. The summed E-state index contributed by atoms with van der Waals surface area (Å²) in [4.78, 5) is 39.0. The van der Waals surface area contributed by atoms with Crippen LogP contribution in [0.15, 0.2) is 42.5 Å². The van der Waals surface area contributed by atoms with Gasteiger partial charge in [0.15, 0.2) is 5.69 Å². The van der Waals surface area contributed by atoms with Gasteiger partial charge < -0.3 is 21.7 Å². The summed E-state index contributed by atoms with van der Waals surface area (Å²) in [5, 5.41) is 7.31. The highest BCUT2D eigenvalue weighted by atomic mass is 35.5. The van der Waals surface area contributed by atoms with E-state index < -0.39 is 23.5 Å². The van der Waals surface area contributed by atoms with Crippen molar-refractivity contribution in [3.05, 3.63) is 64.6 Å². The van der Waals surface area contributed by atoms with Crippen molar-refractivity contribution in [1.82, 2.24) is 20.0 Å². The second kappa shape index (κ2) is 11.1. The van der Waals surface area contributed by atoms with Crippen LogP contribution in [-0.4, -0.2) is 51.5 Å². The Labute approximate surface area is 200 Å². The zero-order valence-corrected chi connectivity index (χ0v) is 19.4. The molecule has 0 saturated heterocycles. The predicted octanol–water partition coefficient (Wildman–Crippen LogP) is 1.81. The fourth-order valence-corrected chi connectivity index (χ4v) is 3.82. The van der Waals surface area contributed by atoms with Crippen LogP contribution >= 0.6 is 11.6 Å². The third-order valence-corrected chi connectivity index (χ3v) is 5.73. The van der Waals surface area contributed by atoms with E-state index in [-0.39, 0.29) is 42.0 Å². The van der Waals surface area contributed by atoms with Crippen LogP contribution in [0.3, 0.4) is 0 Å². The average Bonchev–Trinajstić information content (AvgIpc) is 3.17. The van der Waals surface area contributed by atoms with Crippen molar-refractivity contribution in [2.75, 3.05) is 13.1 Å². The lowest BCUT2D eigenvalue weighted by atomic mass is 10.2. The SMILES string of the molecule is CC(CCN)N(CC(=O)NCc1cccc(Cl)c1F)C(=O)Cn1nc(C(N)=O)c2ccccc21. The maximum atomic E-state index is 14.1. The molecule has 0 aliphatic rings. The first-order valence-electron chi connectivity index (χ1n) is 10.7. The van der Waals surface area contributed by atoms with Crippen LogP contribution in [0.4, 0.5) is 4.39 Å². The van der Waals surface area contributed by atoms with Crippen molar-refractivity contribution in [3.8, 4) is 0 Å². The molecule has 0 radical (unpaired) electrons. The van der Waals surface area contributed by atoms with E-state index in [4.69, 9.17) is 23.1 Å². The molecule has 9 nitrogen and oxygen atoms in total. The number of nitrogens with two attached hydrogens (primary N) is 2. The van der Waals surface area contributed by atoms with Gasteiger partial charge in [0, 0.05) is 23.5 Å². The molecule has 1 unspecified atom stereocenters. The molecule has 5 N–H and O–H groups in total. The number of primary amides is 1. The number of hydrogen-bond acceptors (Lipinski definition) is 5. The summed E-state index contributed by atoms with van der Waals surface area (Å²) in [6, 6.07) is 11.1. The maximum Gasteiger partial charge on any atom is 0.269 e. The Hall–Kier alpha value is -3.50. The molecule has 0 fully saturated rings. The number of carbonyl (C=O) groups excluding carboxylic acids is 3. The van der Waals surface area contributed by atoms with Gasteiger partial charge in [-0.05, 0) is 32.0 Å². The molecule has 1 atom stereocenters. The second-order valence-electron chi connectivity index (χ2n) is 7.83. The number of hydrogen-bond donors (Lipinski definition) is 3. The Morgan fingerprint density at radius 1 is 1.21 bits per heavy atom. The van der Waals surface area contributed by atoms with Gasteiger partial charge in [0.2, 0.25) is 11.8 Å². The van der Waals surface area contributed by atoms with E-state index in [0.29, 0.717) is 23.9 Å². The fraction of sp³-hybridized carbons (Fsp3) is 0.304. The van der Waals surface area contributed by atoms with Crippen molar-refractivity contribution < 1.29 is 18.8 Å². The minimum absolute atomic E-state index is 0.0399. The predicted molar refractivity (Wildman–Crippen MR) is 126 cm³/mol. The van der Waals surface area contributed by atoms with Crippen LogP contribution in [0, 0.1) is 5.82 Å². The Kier molecular flexibility index (Phi) is 8.19. The summed E-state index contributed by atoms with van der Waals surface area (Å²) in [5.41, 5.74) is 12.0. The number of para-hydroxylation sites is 1. The number of rotatable bonds is 10. The largest absolute Gasteiger partial charge is 0.364 e. The van der Waals surface area contributed by atoms with Gasteiger partial charge in [-0.1, -0.05) is 41.9 Å². The van der Waals surface area contributed by atoms with Gasteiger partial charge in [0.1, 0.15) is 12.4 Å². The zero-order chi connectivity index (χ0) is 24.8. The molecule has 180 valence electrons. The van der Waals surface area contributed by atoms with E-state index in [1.807, 2.05) is 0 Å².